The van der Waals surface area contributed by atoms with Gasteiger partial charge in [0.25, 0.3) is 5.56 Å². The van der Waals surface area contributed by atoms with Crippen LogP contribution in [0.4, 0.5) is 6.01 Å². The molecule has 0 saturated carbocycles. The predicted molar refractivity (Wildman–Crippen MR) is 82.6 cm³/mol. The van der Waals surface area contributed by atoms with Crippen molar-refractivity contribution < 1.29 is 13.9 Å². The quantitative estimate of drug-likeness (QED) is 0.780. The van der Waals surface area contributed by atoms with Gasteiger partial charge in [-0.05, 0) is 12.1 Å². The lowest BCUT2D eigenvalue weighted by Gasteiger charge is -2.25. The number of hydrogen-bond acceptors (Lipinski definition) is 6. The number of aromatic nitrogens is 1. The molecule has 2 aromatic rings. The van der Waals surface area contributed by atoms with E-state index in [1.807, 2.05) is 4.90 Å². The molecule has 2 heterocycles. The second-order valence-corrected chi connectivity index (χ2v) is 5.36. The van der Waals surface area contributed by atoms with Crippen LogP contribution in [0.1, 0.15) is 0 Å². The summed E-state index contributed by atoms with van der Waals surface area (Å²) in [6.45, 7) is 3.03. The summed E-state index contributed by atoms with van der Waals surface area (Å²) in [5.41, 5.74) is 0.159. The molecule has 6 nitrogen and oxygen atoms in total. The highest BCUT2D eigenvalue weighted by atomic mass is 79.9. The Kier molecular flexibility index (Phi) is 4.40. The molecule has 1 aliphatic rings. The summed E-state index contributed by atoms with van der Waals surface area (Å²) >= 11 is 3.29. The van der Waals surface area contributed by atoms with Crippen molar-refractivity contribution >= 4 is 32.9 Å². The number of fused-ring (bicyclic) bond motifs is 1. The Labute approximate surface area is 129 Å². The minimum absolute atomic E-state index is 0.331. The van der Waals surface area contributed by atoms with Gasteiger partial charge >= 0.3 is 6.01 Å². The van der Waals surface area contributed by atoms with Crippen molar-refractivity contribution in [1.82, 2.24) is 4.98 Å². The third-order valence-corrected chi connectivity index (χ3v) is 3.54. The van der Waals surface area contributed by atoms with E-state index in [0.29, 0.717) is 61.0 Å². The fourth-order valence-corrected chi connectivity index (χ4v) is 2.39. The molecular weight excluding hydrogens is 340 g/mol. The van der Waals surface area contributed by atoms with Crippen LogP contribution < -0.4 is 15.2 Å². The summed E-state index contributed by atoms with van der Waals surface area (Å²) in [6, 6.07) is 5.65. The largest absolute Gasteiger partial charge is 0.492 e. The summed E-state index contributed by atoms with van der Waals surface area (Å²) in [5.74, 6) is 0.502. The average molecular weight is 355 g/mol. The number of ether oxygens (including phenoxy) is 2. The number of benzene rings is 1. The summed E-state index contributed by atoms with van der Waals surface area (Å²) in [6.07, 6.45) is 0. The zero-order valence-corrected chi connectivity index (χ0v) is 13.0. The van der Waals surface area contributed by atoms with Gasteiger partial charge in [0, 0.05) is 18.4 Å². The van der Waals surface area contributed by atoms with Gasteiger partial charge in [-0.3, -0.25) is 4.79 Å². The van der Waals surface area contributed by atoms with Crippen molar-refractivity contribution in [3.05, 3.63) is 28.6 Å². The first-order valence-corrected chi connectivity index (χ1v) is 7.87. The van der Waals surface area contributed by atoms with Gasteiger partial charge in [0.05, 0.1) is 19.8 Å². The van der Waals surface area contributed by atoms with Crippen LogP contribution in [-0.2, 0) is 4.74 Å². The van der Waals surface area contributed by atoms with Gasteiger partial charge in [-0.15, -0.1) is 0 Å². The average Bonchev–Trinajstić information content (AvgIpc) is 2.53. The highest BCUT2D eigenvalue weighted by Gasteiger charge is 2.18. The van der Waals surface area contributed by atoms with Crippen LogP contribution >= 0.6 is 15.9 Å². The Morgan fingerprint density at radius 1 is 1.33 bits per heavy atom. The molecule has 0 bridgehead atoms. The number of morpholine rings is 1. The highest BCUT2D eigenvalue weighted by Crippen LogP contribution is 2.25. The molecule has 0 atom stereocenters. The van der Waals surface area contributed by atoms with Gasteiger partial charge in [-0.1, -0.05) is 22.0 Å². The Morgan fingerprint density at radius 3 is 2.90 bits per heavy atom. The van der Waals surface area contributed by atoms with Gasteiger partial charge in [-0.25, -0.2) is 0 Å². The minimum Gasteiger partial charge on any atom is -0.492 e. The van der Waals surface area contributed by atoms with E-state index >= 15 is 0 Å². The molecule has 0 spiro atoms. The number of rotatable bonds is 4. The second-order valence-electron chi connectivity index (χ2n) is 4.57. The minimum atomic E-state index is -0.331. The van der Waals surface area contributed by atoms with Crippen LogP contribution in [0.2, 0.25) is 0 Å². The van der Waals surface area contributed by atoms with E-state index in [4.69, 9.17) is 13.9 Å². The van der Waals surface area contributed by atoms with Crippen LogP contribution in [0.25, 0.3) is 11.0 Å². The molecule has 1 aliphatic heterocycles. The lowest BCUT2D eigenvalue weighted by Crippen LogP contribution is -2.37. The highest BCUT2D eigenvalue weighted by molar-refractivity contribution is 9.09. The van der Waals surface area contributed by atoms with Crippen molar-refractivity contribution in [2.75, 3.05) is 43.1 Å². The molecule has 0 unspecified atom stereocenters. The molecule has 0 aliphatic carbocycles. The van der Waals surface area contributed by atoms with Gasteiger partial charge < -0.3 is 18.8 Å². The first-order valence-electron chi connectivity index (χ1n) is 6.75. The first-order chi connectivity index (χ1) is 10.3. The van der Waals surface area contributed by atoms with Crippen LogP contribution in [0.3, 0.4) is 0 Å². The smallest absolute Gasteiger partial charge is 0.301 e. The van der Waals surface area contributed by atoms with Gasteiger partial charge in [0.2, 0.25) is 0 Å². The van der Waals surface area contributed by atoms with Crippen LogP contribution in [0, 0.1) is 0 Å². The van der Waals surface area contributed by atoms with Crippen LogP contribution in [0.15, 0.2) is 27.4 Å². The molecule has 7 heteroatoms. The molecule has 1 aromatic carbocycles. The lowest BCUT2D eigenvalue weighted by molar-refractivity contribution is 0.120. The Morgan fingerprint density at radius 2 is 2.14 bits per heavy atom. The van der Waals surface area contributed by atoms with Crippen molar-refractivity contribution in [2.45, 2.75) is 0 Å². The fourth-order valence-electron chi connectivity index (χ4n) is 2.23. The molecule has 1 fully saturated rings. The van der Waals surface area contributed by atoms with Crippen LogP contribution in [-0.4, -0.2) is 43.2 Å². The first kappa shape index (κ1) is 14.3. The molecule has 1 aromatic heterocycles. The molecule has 0 amide bonds. The molecular formula is C14H15BrN2O4. The maximum Gasteiger partial charge on any atom is 0.301 e. The van der Waals surface area contributed by atoms with Crippen molar-refractivity contribution in [1.29, 1.82) is 0 Å². The van der Waals surface area contributed by atoms with Crippen LogP contribution in [0.5, 0.6) is 5.75 Å². The van der Waals surface area contributed by atoms with E-state index in [-0.39, 0.29) is 5.56 Å². The number of nitrogens with zero attached hydrogens (tertiary/aromatic N) is 2. The molecule has 0 N–H and O–H groups in total. The second kappa shape index (κ2) is 6.44. The maximum atomic E-state index is 12.3. The van der Waals surface area contributed by atoms with E-state index in [2.05, 4.69) is 20.9 Å². The SMILES string of the molecule is O=c1nc(N2CCOCC2)oc2cccc(OCCBr)c12. The zero-order valence-electron chi connectivity index (χ0n) is 11.4. The zero-order chi connectivity index (χ0) is 14.7. The number of halogens is 1. The fraction of sp³-hybridized carbons (Fsp3) is 0.429. The van der Waals surface area contributed by atoms with E-state index < -0.39 is 0 Å². The van der Waals surface area contributed by atoms with E-state index in [0.717, 1.165) is 0 Å². The lowest BCUT2D eigenvalue weighted by atomic mass is 10.2. The Bertz CT molecular complexity index is 682. The Balaban J connectivity index is 2.02. The van der Waals surface area contributed by atoms with E-state index in [1.165, 1.54) is 0 Å². The predicted octanol–water partition coefficient (Wildman–Crippen LogP) is 1.80. The normalized spacial score (nSPS) is 15.4. The summed E-state index contributed by atoms with van der Waals surface area (Å²) in [5, 5.41) is 1.07. The van der Waals surface area contributed by atoms with Gasteiger partial charge in [0.1, 0.15) is 16.7 Å². The van der Waals surface area contributed by atoms with E-state index in [1.54, 1.807) is 18.2 Å². The van der Waals surface area contributed by atoms with Crippen molar-refractivity contribution in [3.8, 4) is 5.75 Å². The summed E-state index contributed by atoms with van der Waals surface area (Å²) in [4.78, 5) is 18.3. The third kappa shape index (κ3) is 3.03. The topological polar surface area (TPSA) is 64.8 Å². The monoisotopic (exact) mass is 354 g/mol. The molecule has 112 valence electrons. The maximum absolute atomic E-state index is 12.3. The molecule has 1 saturated heterocycles. The standard InChI is InChI=1S/C14H15BrN2O4/c15-4-7-20-10-2-1-3-11-12(10)13(18)16-14(21-11)17-5-8-19-9-6-17/h1-3H,4-9H2. The van der Waals surface area contributed by atoms with Crippen molar-refractivity contribution in [3.63, 3.8) is 0 Å². The molecule has 21 heavy (non-hydrogen) atoms. The number of anilines is 1. The van der Waals surface area contributed by atoms with Gasteiger partial charge in [0.15, 0.2) is 0 Å². The third-order valence-electron chi connectivity index (χ3n) is 3.22. The summed E-state index contributed by atoms with van der Waals surface area (Å²) in [7, 11) is 0. The number of hydrogen-bond donors (Lipinski definition) is 0. The van der Waals surface area contributed by atoms with E-state index in [9.17, 15) is 4.79 Å². The summed E-state index contributed by atoms with van der Waals surface area (Å²) < 4.78 is 16.6. The molecule has 0 radical (unpaired) electrons. The molecule has 3 rings (SSSR count). The number of alkyl halides is 1. The van der Waals surface area contributed by atoms with Crippen molar-refractivity contribution in [2.24, 2.45) is 0 Å². The van der Waals surface area contributed by atoms with Gasteiger partial charge in [-0.2, -0.15) is 4.98 Å². The Hall–Kier alpha value is -1.60.